The van der Waals surface area contributed by atoms with Gasteiger partial charge in [-0.1, -0.05) is 0 Å². The van der Waals surface area contributed by atoms with Gasteiger partial charge in [-0.15, -0.1) is 0 Å². The van der Waals surface area contributed by atoms with Crippen LogP contribution in [-0.4, -0.2) is 38.7 Å². The molecule has 1 N–H and O–H groups in total. The number of anilines is 2. The van der Waals surface area contributed by atoms with E-state index in [2.05, 4.69) is 5.32 Å². The van der Waals surface area contributed by atoms with Crippen molar-refractivity contribution in [2.75, 3.05) is 31.0 Å². The summed E-state index contributed by atoms with van der Waals surface area (Å²) in [7, 11) is 3.13. The lowest BCUT2D eigenvalue weighted by Crippen LogP contribution is -2.42. The second-order valence-electron chi connectivity index (χ2n) is 4.32. The van der Waals surface area contributed by atoms with Gasteiger partial charge in [-0.05, 0) is 25.1 Å². The van der Waals surface area contributed by atoms with Crippen LogP contribution in [0.25, 0.3) is 0 Å². The number of hydrogen-bond donors (Lipinski definition) is 1. The zero-order valence-electron chi connectivity index (χ0n) is 11.1. The third-order valence-corrected chi connectivity index (χ3v) is 2.86. The van der Waals surface area contributed by atoms with Gasteiger partial charge in [0.25, 0.3) is 5.91 Å². The van der Waals surface area contributed by atoms with Crippen molar-refractivity contribution in [3.8, 4) is 5.75 Å². The number of methoxy groups -OCH3 is 1. The highest BCUT2D eigenvalue weighted by Gasteiger charge is 2.28. The maximum atomic E-state index is 11.8. The largest absolute Gasteiger partial charge is 0.479 e. The van der Waals surface area contributed by atoms with Crippen LogP contribution in [0.1, 0.15) is 6.92 Å². The molecule has 0 spiro atoms. The molecule has 6 heteroatoms. The molecule has 0 bridgehead atoms. The lowest BCUT2D eigenvalue weighted by Gasteiger charge is -2.30. The number of nitrogens with one attached hydrogen (secondary N) is 1. The molecule has 1 heterocycles. The summed E-state index contributed by atoms with van der Waals surface area (Å²) >= 11 is 0. The normalized spacial score (nSPS) is 17.7. The van der Waals surface area contributed by atoms with Crippen LogP contribution in [0, 0.1) is 0 Å². The predicted octanol–water partition coefficient (Wildman–Crippen LogP) is 1.02. The van der Waals surface area contributed by atoms with E-state index in [4.69, 9.17) is 9.47 Å². The number of rotatable bonds is 3. The van der Waals surface area contributed by atoms with Crippen molar-refractivity contribution in [1.82, 2.24) is 0 Å². The molecule has 1 aromatic carbocycles. The second-order valence-corrected chi connectivity index (χ2v) is 4.32. The lowest BCUT2D eigenvalue weighted by atomic mass is 10.2. The Kier molecular flexibility index (Phi) is 3.71. The molecule has 0 saturated carbocycles. The fourth-order valence-corrected chi connectivity index (χ4v) is 1.92. The molecule has 1 atom stereocenters. The molecule has 0 aliphatic carbocycles. The molecule has 0 radical (unpaired) electrons. The topological polar surface area (TPSA) is 67.9 Å². The van der Waals surface area contributed by atoms with Gasteiger partial charge in [0.2, 0.25) is 5.91 Å². The van der Waals surface area contributed by atoms with Crippen LogP contribution in [0.5, 0.6) is 5.75 Å². The SMILES string of the molecule is COCC(=O)Nc1ccc2c(c1)N(C)C(=O)C(C)O2. The van der Waals surface area contributed by atoms with Gasteiger partial charge in [0.15, 0.2) is 6.10 Å². The summed E-state index contributed by atoms with van der Waals surface area (Å²) in [6, 6.07) is 5.16. The van der Waals surface area contributed by atoms with E-state index >= 15 is 0 Å². The summed E-state index contributed by atoms with van der Waals surface area (Å²) < 4.78 is 10.2. The number of amides is 2. The first-order chi connectivity index (χ1) is 9.02. The van der Waals surface area contributed by atoms with Gasteiger partial charge < -0.3 is 19.7 Å². The molecular formula is C13H16N2O4. The van der Waals surface area contributed by atoms with E-state index in [9.17, 15) is 9.59 Å². The van der Waals surface area contributed by atoms with Crippen molar-refractivity contribution in [1.29, 1.82) is 0 Å². The van der Waals surface area contributed by atoms with Crippen LogP contribution in [0.4, 0.5) is 11.4 Å². The molecule has 1 aliphatic heterocycles. The maximum absolute atomic E-state index is 11.8. The molecule has 102 valence electrons. The Morgan fingerprint density at radius 2 is 2.26 bits per heavy atom. The van der Waals surface area contributed by atoms with Crippen LogP contribution < -0.4 is 15.0 Å². The minimum absolute atomic E-state index is 0.0145. The summed E-state index contributed by atoms with van der Waals surface area (Å²) in [4.78, 5) is 24.8. The Morgan fingerprint density at radius 3 is 2.95 bits per heavy atom. The van der Waals surface area contributed by atoms with Gasteiger partial charge in [-0.25, -0.2) is 0 Å². The summed E-state index contributed by atoms with van der Waals surface area (Å²) in [6.45, 7) is 1.69. The van der Waals surface area contributed by atoms with E-state index < -0.39 is 6.10 Å². The molecule has 2 amide bonds. The molecule has 0 fully saturated rings. The van der Waals surface area contributed by atoms with Crippen LogP contribution >= 0.6 is 0 Å². The van der Waals surface area contributed by atoms with Crippen LogP contribution in [0.3, 0.4) is 0 Å². The summed E-state index contributed by atoms with van der Waals surface area (Å²) in [5, 5.41) is 2.68. The van der Waals surface area contributed by atoms with Crippen molar-refractivity contribution in [2.45, 2.75) is 13.0 Å². The van der Waals surface area contributed by atoms with E-state index in [0.717, 1.165) is 0 Å². The second kappa shape index (κ2) is 5.27. The minimum atomic E-state index is -0.494. The van der Waals surface area contributed by atoms with E-state index in [0.29, 0.717) is 17.1 Å². The zero-order chi connectivity index (χ0) is 14.0. The Balaban J connectivity index is 2.24. The zero-order valence-corrected chi connectivity index (χ0v) is 11.1. The molecule has 0 aromatic heterocycles. The van der Waals surface area contributed by atoms with Gasteiger partial charge in [0, 0.05) is 19.8 Å². The van der Waals surface area contributed by atoms with E-state index in [-0.39, 0.29) is 18.4 Å². The van der Waals surface area contributed by atoms with Crippen molar-refractivity contribution < 1.29 is 19.1 Å². The standard InChI is InChI=1S/C13H16N2O4/c1-8-13(17)15(2)10-6-9(4-5-11(10)19-8)14-12(16)7-18-3/h4-6,8H,7H2,1-3H3,(H,14,16). The number of likely N-dealkylation sites (N-methyl/N-ethyl adjacent to an activating group) is 1. The first-order valence-corrected chi connectivity index (χ1v) is 5.90. The fourth-order valence-electron chi connectivity index (χ4n) is 1.92. The van der Waals surface area contributed by atoms with Crippen LogP contribution in [0.15, 0.2) is 18.2 Å². The minimum Gasteiger partial charge on any atom is -0.479 e. The molecule has 0 saturated heterocycles. The number of hydrogen-bond acceptors (Lipinski definition) is 4. The summed E-state index contributed by atoms with van der Waals surface area (Å²) in [5.41, 5.74) is 1.23. The number of fused-ring (bicyclic) bond motifs is 1. The van der Waals surface area contributed by atoms with Crippen LogP contribution in [-0.2, 0) is 14.3 Å². The predicted molar refractivity (Wildman–Crippen MR) is 70.4 cm³/mol. The number of carbonyl (C=O) groups is 2. The molecule has 1 aromatic rings. The fraction of sp³-hybridized carbons (Fsp3) is 0.385. The van der Waals surface area contributed by atoms with Gasteiger partial charge in [0.1, 0.15) is 12.4 Å². The Hall–Kier alpha value is -2.08. The highest BCUT2D eigenvalue weighted by Crippen LogP contribution is 2.35. The molecule has 1 unspecified atom stereocenters. The first-order valence-electron chi connectivity index (χ1n) is 5.90. The van der Waals surface area contributed by atoms with E-state index in [1.807, 2.05) is 0 Å². The smallest absolute Gasteiger partial charge is 0.267 e. The number of ether oxygens (including phenoxy) is 2. The van der Waals surface area contributed by atoms with E-state index in [1.165, 1.54) is 12.0 Å². The highest BCUT2D eigenvalue weighted by atomic mass is 16.5. The molecule has 2 rings (SSSR count). The van der Waals surface area contributed by atoms with Gasteiger partial charge in [-0.3, -0.25) is 9.59 Å². The highest BCUT2D eigenvalue weighted by molar-refractivity contribution is 6.00. The molecule has 19 heavy (non-hydrogen) atoms. The van der Waals surface area contributed by atoms with Crippen molar-refractivity contribution in [2.24, 2.45) is 0 Å². The van der Waals surface area contributed by atoms with Crippen LogP contribution in [0.2, 0.25) is 0 Å². The Labute approximate surface area is 111 Å². The average molecular weight is 264 g/mol. The summed E-state index contributed by atoms with van der Waals surface area (Å²) in [5.74, 6) is 0.258. The van der Waals surface area contributed by atoms with Crippen molar-refractivity contribution in [3.05, 3.63) is 18.2 Å². The average Bonchev–Trinajstić information content (AvgIpc) is 2.37. The van der Waals surface area contributed by atoms with Gasteiger partial charge in [0.05, 0.1) is 5.69 Å². The Morgan fingerprint density at radius 1 is 1.53 bits per heavy atom. The summed E-state index contributed by atoms with van der Waals surface area (Å²) in [6.07, 6.45) is -0.494. The number of nitrogens with zero attached hydrogens (tertiary/aromatic N) is 1. The monoisotopic (exact) mass is 264 g/mol. The van der Waals surface area contributed by atoms with Gasteiger partial charge >= 0.3 is 0 Å². The quantitative estimate of drug-likeness (QED) is 0.885. The maximum Gasteiger partial charge on any atom is 0.267 e. The van der Waals surface area contributed by atoms with Crippen molar-refractivity contribution >= 4 is 23.2 Å². The van der Waals surface area contributed by atoms with E-state index in [1.54, 1.807) is 32.2 Å². The number of carbonyl (C=O) groups excluding carboxylic acids is 2. The third kappa shape index (κ3) is 2.68. The Bertz CT molecular complexity index is 515. The molecular weight excluding hydrogens is 248 g/mol. The first kappa shape index (κ1) is 13.4. The molecule has 1 aliphatic rings. The number of benzene rings is 1. The van der Waals surface area contributed by atoms with Crippen molar-refractivity contribution in [3.63, 3.8) is 0 Å². The lowest BCUT2D eigenvalue weighted by molar-refractivity contribution is -0.125. The van der Waals surface area contributed by atoms with Gasteiger partial charge in [-0.2, -0.15) is 0 Å². The molecule has 6 nitrogen and oxygen atoms in total. The third-order valence-electron chi connectivity index (χ3n) is 2.86.